The number of hydrogen-bond donors (Lipinski definition) is 0. The van der Waals surface area contributed by atoms with Gasteiger partial charge in [0.25, 0.3) is 5.91 Å². The zero-order valence-electron chi connectivity index (χ0n) is 14.5. The van der Waals surface area contributed by atoms with Crippen molar-refractivity contribution in [2.75, 3.05) is 10.7 Å². The molecular formula is C20H20N2OS2. The summed E-state index contributed by atoms with van der Waals surface area (Å²) in [5.74, 6) is 0.875. The van der Waals surface area contributed by atoms with Crippen molar-refractivity contribution in [3.63, 3.8) is 0 Å². The lowest BCUT2D eigenvalue weighted by molar-refractivity contribution is -0.119. The van der Waals surface area contributed by atoms with Crippen molar-refractivity contribution in [1.29, 1.82) is 0 Å². The summed E-state index contributed by atoms with van der Waals surface area (Å²) < 4.78 is 0. The van der Waals surface area contributed by atoms with Crippen LogP contribution in [0.5, 0.6) is 0 Å². The Morgan fingerprint density at radius 3 is 2.44 bits per heavy atom. The lowest BCUT2D eigenvalue weighted by Gasteiger charge is -2.26. The van der Waals surface area contributed by atoms with Gasteiger partial charge in [-0.2, -0.15) is 0 Å². The van der Waals surface area contributed by atoms with E-state index in [1.54, 1.807) is 16.7 Å². The van der Waals surface area contributed by atoms with Crippen LogP contribution >= 0.6 is 24.0 Å². The minimum absolute atomic E-state index is 0.0980. The molecule has 5 heteroatoms. The highest BCUT2D eigenvalue weighted by atomic mass is 32.2. The number of nitrogens with zero attached hydrogens (tertiary/aromatic N) is 2. The normalized spacial score (nSPS) is 22.7. The smallest absolute Gasteiger partial charge is 0.257 e. The highest BCUT2D eigenvalue weighted by Gasteiger charge is 2.51. The third kappa shape index (κ3) is 2.66. The third-order valence-electron chi connectivity index (χ3n) is 4.89. The van der Waals surface area contributed by atoms with Gasteiger partial charge in [-0.1, -0.05) is 42.0 Å². The quantitative estimate of drug-likeness (QED) is 0.735. The number of rotatable bonds is 2. The second kappa shape index (κ2) is 6.15. The number of carbonyl (C=O) groups excluding carboxylic acids is 1. The maximum Gasteiger partial charge on any atom is 0.257 e. The highest BCUT2D eigenvalue weighted by Crippen LogP contribution is 2.46. The van der Waals surface area contributed by atoms with Gasteiger partial charge >= 0.3 is 0 Å². The van der Waals surface area contributed by atoms with Crippen LogP contribution in [0.1, 0.15) is 27.6 Å². The second-order valence-electron chi connectivity index (χ2n) is 6.77. The van der Waals surface area contributed by atoms with E-state index in [2.05, 4.69) is 54.3 Å². The van der Waals surface area contributed by atoms with Crippen LogP contribution in [0.4, 0.5) is 5.69 Å². The molecule has 0 unspecified atom stereocenters. The maximum absolute atomic E-state index is 13.1. The van der Waals surface area contributed by atoms with Gasteiger partial charge in [0.2, 0.25) is 0 Å². The van der Waals surface area contributed by atoms with Gasteiger partial charge in [-0.25, -0.2) is 0 Å². The molecule has 3 nitrogen and oxygen atoms in total. The maximum atomic E-state index is 13.1. The first kappa shape index (κ1) is 16.6. The molecule has 2 atom stereocenters. The molecule has 2 saturated heterocycles. The molecule has 0 radical (unpaired) electrons. The fourth-order valence-corrected chi connectivity index (χ4v) is 5.37. The lowest BCUT2D eigenvalue weighted by Crippen LogP contribution is -2.34. The molecule has 2 aliphatic rings. The Kier molecular flexibility index (Phi) is 4.08. The molecule has 0 bridgehead atoms. The number of hydrogen-bond acceptors (Lipinski definition) is 3. The van der Waals surface area contributed by atoms with E-state index >= 15 is 0 Å². The van der Waals surface area contributed by atoms with E-state index in [4.69, 9.17) is 12.2 Å². The first-order chi connectivity index (χ1) is 12.0. The van der Waals surface area contributed by atoms with Crippen molar-refractivity contribution < 1.29 is 4.79 Å². The topological polar surface area (TPSA) is 23.6 Å². The fraction of sp³-hybridized carbons (Fsp3) is 0.300. The number of benzene rings is 2. The predicted molar refractivity (Wildman–Crippen MR) is 108 cm³/mol. The molecule has 2 aromatic rings. The van der Waals surface area contributed by atoms with Gasteiger partial charge in [0.15, 0.2) is 5.11 Å². The van der Waals surface area contributed by atoms with Crippen molar-refractivity contribution in [3.05, 3.63) is 64.7 Å². The van der Waals surface area contributed by atoms with Crippen LogP contribution < -0.4 is 4.90 Å². The molecule has 1 amide bonds. The number of fused-ring (bicyclic) bond motifs is 1. The van der Waals surface area contributed by atoms with E-state index < -0.39 is 0 Å². The van der Waals surface area contributed by atoms with Crippen molar-refractivity contribution in [1.82, 2.24) is 4.90 Å². The van der Waals surface area contributed by atoms with Crippen molar-refractivity contribution in [3.8, 4) is 0 Å². The van der Waals surface area contributed by atoms with Crippen LogP contribution in [0.3, 0.4) is 0 Å². The number of carbonyl (C=O) groups is 1. The zero-order valence-corrected chi connectivity index (χ0v) is 16.2. The van der Waals surface area contributed by atoms with E-state index in [0.29, 0.717) is 5.11 Å². The van der Waals surface area contributed by atoms with Gasteiger partial charge in [-0.3, -0.25) is 9.69 Å². The van der Waals surface area contributed by atoms with Crippen LogP contribution in [0.2, 0.25) is 0 Å². The van der Waals surface area contributed by atoms with Crippen molar-refractivity contribution >= 4 is 40.7 Å². The van der Waals surface area contributed by atoms with Gasteiger partial charge in [0, 0.05) is 5.75 Å². The summed E-state index contributed by atoms with van der Waals surface area (Å²) in [6.45, 7) is 6.15. The van der Waals surface area contributed by atoms with E-state index in [1.807, 2.05) is 13.8 Å². The van der Waals surface area contributed by atoms with Crippen LogP contribution in [0.25, 0.3) is 0 Å². The summed E-state index contributed by atoms with van der Waals surface area (Å²) in [6, 6.07) is 14.5. The average molecular weight is 369 g/mol. The van der Waals surface area contributed by atoms with E-state index in [1.165, 1.54) is 11.1 Å². The van der Waals surface area contributed by atoms with Crippen molar-refractivity contribution in [2.45, 2.75) is 32.2 Å². The van der Waals surface area contributed by atoms with Gasteiger partial charge < -0.3 is 4.90 Å². The van der Waals surface area contributed by atoms with Crippen molar-refractivity contribution in [2.24, 2.45) is 0 Å². The monoisotopic (exact) mass is 368 g/mol. The Labute approximate surface area is 158 Å². The van der Waals surface area contributed by atoms with E-state index in [9.17, 15) is 4.79 Å². The molecule has 2 fully saturated rings. The number of amides is 1. The molecule has 2 heterocycles. The van der Waals surface area contributed by atoms with Crippen LogP contribution in [-0.4, -0.2) is 27.7 Å². The van der Waals surface area contributed by atoms with Gasteiger partial charge in [-0.15, -0.1) is 11.8 Å². The molecule has 25 heavy (non-hydrogen) atoms. The average Bonchev–Trinajstić information content (AvgIpc) is 3.12. The Morgan fingerprint density at radius 1 is 1.04 bits per heavy atom. The minimum atomic E-state index is -0.163. The summed E-state index contributed by atoms with van der Waals surface area (Å²) in [4.78, 5) is 16.9. The standard InChI is InChI=1S/C20H20N2OS2/c1-12-5-8-15(9-6-12)19-22-17(11-25-19)18(23)21(20(22)24)16-10-13(2)4-7-14(16)3/h4-10,17,19H,11H2,1-3H3/t17-,19-/m0/s1. The molecular weight excluding hydrogens is 348 g/mol. The molecule has 2 aliphatic heterocycles. The molecule has 0 spiro atoms. The Hall–Kier alpha value is -1.85. The molecule has 0 aliphatic carbocycles. The number of anilines is 1. The van der Waals surface area contributed by atoms with Crippen LogP contribution in [0, 0.1) is 20.8 Å². The lowest BCUT2D eigenvalue weighted by atomic mass is 10.1. The number of thioether (sulfide) groups is 1. The van der Waals surface area contributed by atoms with E-state index in [-0.39, 0.29) is 17.3 Å². The van der Waals surface area contributed by atoms with E-state index in [0.717, 1.165) is 22.6 Å². The molecule has 2 aromatic carbocycles. The zero-order chi connectivity index (χ0) is 17.7. The van der Waals surface area contributed by atoms with Gasteiger partial charge in [0.05, 0.1) is 5.69 Å². The third-order valence-corrected chi connectivity index (χ3v) is 6.60. The second-order valence-corrected chi connectivity index (χ2v) is 8.24. The van der Waals surface area contributed by atoms with Gasteiger partial charge in [0.1, 0.15) is 11.4 Å². The number of aryl methyl sites for hydroxylation is 3. The largest absolute Gasteiger partial charge is 0.319 e. The molecule has 0 aromatic heterocycles. The highest BCUT2D eigenvalue weighted by molar-refractivity contribution is 7.99. The number of thiocarbonyl (C=S) groups is 1. The summed E-state index contributed by atoms with van der Waals surface area (Å²) in [5, 5.41) is 0.733. The van der Waals surface area contributed by atoms with Crippen LogP contribution in [-0.2, 0) is 4.79 Å². The molecule has 4 rings (SSSR count). The van der Waals surface area contributed by atoms with Crippen LogP contribution in [0.15, 0.2) is 42.5 Å². The summed E-state index contributed by atoms with van der Waals surface area (Å²) >= 11 is 7.56. The first-order valence-electron chi connectivity index (χ1n) is 8.39. The Balaban J connectivity index is 1.71. The first-order valence-corrected chi connectivity index (χ1v) is 9.85. The summed E-state index contributed by atoms with van der Waals surface area (Å²) in [6.07, 6.45) is 0. The Bertz CT molecular complexity index is 862. The predicted octanol–water partition coefficient (Wildman–Crippen LogP) is 4.36. The fourth-order valence-electron chi connectivity index (χ4n) is 3.46. The molecule has 0 saturated carbocycles. The molecule has 0 N–H and O–H groups in total. The summed E-state index contributed by atoms with van der Waals surface area (Å²) in [7, 11) is 0. The Morgan fingerprint density at radius 2 is 1.72 bits per heavy atom. The SMILES string of the molecule is Cc1ccc([C@@H]2SC[C@H]3C(=O)N(c4cc(C)ccc4C)C(=S)N32)cc1. The summed E-state index contributed by atoms with van der Waals surface area (Å²) in [5.41, 5.74) is 5.56. The molecule has 128 valence electrons. The minimum Gasteiger partial charge on any atom is -0.319 e. The van der Waals surface area contributed by atoms with Gasteiger partial charge in [-0.05, 0) is 55.7 Å².